The van der Waals surface area contributed by atoms with Crippen molar-refractivity contribution < 1.29 is 4.79 Å². The maximum atomic E-state index is 11.5. The number of aromatic nitrogens is 2. The number of hydrogen-bond acceptors (Lipinski definition) is 2. The van der Waals surface area contributed by atoms with E-state index in [1.54, 1.807) is 18.3 Å². The van der Waals surface area contributed by atoms with Crippen molar-refractivity contribution in [1.29, 1.82) is 0 Å². The molecule has 0 atom stereocenters. The molecule has 1 N–H and O–H groups in total. The van der Waals surface area contributed by atoms with Gasteiger partial charge in [0.2, 0.25) is 5.91 Å². The third-order valence-electron chi connectivity index (χ3n) is 3.19. The molecule has 1 amide bonds. The minimum Gasteiger partial charge on any atom is -0.350 e. The number of nitrogens with zero attached hydrogens (tertiary/aromatic N) is 2. The zero-order valence-electron chi connectivity index (χ0n) is 11.2. The smallest absolute Gasteiger partial charge is 0.244 e. The lowest BCUT2D eigenvalue weighted by Gasteiger charge is -2.00. The monoisotopic (exact) mass is 267 g/mol. The van der Waals surface area contributed by atoms with Gasteiger partial charge < -0.3 is 5.32 Å². The van der Waals surface area contributed by atoms with Crippen LogP contribution in [0, 0.1) is 0 Å². The van der Waals surface area contributed by atoms with Crippen molar-refractivity contribution in [3.8, 4) is 0 Å². The van der Waals surface area contributed by atoms with Gasteiger partial charge in [-0.15, -0.1) is 0 Å². The fourth-order valence-corrected chi connectivity index (χ4v) is 1.97. The fourth-order valence-electron chi connectivity index (χ4n) is 1.97. The maximum Gasteiger partial charge on any atom is 0.244 e. The Kier molecular flexibility index (Phi) is 3.63. The van der Waals surface area contributed by atoms with Crippen molar-refractivity contribution >= 4 is 12.0 Å². The molecule has 1 aromatic heterocycles. The minimum atomic E-state index is -0.0247. The summed E-state index contributed by atoms with van der Waals surface area (Å²) in [5.74, 6) is -0.0247. The summed E-state index contributed by atoms with van der Waals surface area (Å²) in [4.78, 5) is 11.5. The molecule has 4 heteroatoms. The lowest BCUT2D eigenvalue weighted by molar-refractivity contribution is -0.116. The van der Waals surface area contributed by atoms with Crippen LogP contribution in [0.3, 0.4) is 0 Å². The SMILES string of the molecule is O=C(/C=C/c1cnn(Cc2ccccc2)c1)NC1CC1. The highest BCUT2D eigenvalue weighted by Gasteiger charge is 2.21. The first kappa shape index (κ1) is 12.7. The van der Waals surface area contributed by atoms with Gasteiger partial charge in [-0.2, -0.15) is 5.10 Å². The molecule has 0 spiro atoms. The summed E-state index contributed by atoms with van der Waals surface area (Å²) < 4.78 is 1.87. The summed E-state index contributed by atoms with van der Waals surface area (Å²) in [5.41, 5.74) is 2.14. The molecule has 1 aliphatic rings. The highest BCUT2D eigenvalue weighted by atomic mass is 16.1. The van der Waals surface area contributed by atoms with Crippen molar-refractivity contribution in [2.75, 3.05) is 0 Å². The van der Waals surface area contributed by atoms with E-state index >= 15 is 0 Å². The molecule has 0 saturated heterocycles. The number of carbonyl (C=O) groups is 1. The maximum absolute atomic E-state index is 11.5. The largest absolute Gasteiger partial charge is 0.350 e. The van der Waals surface area contributed by atoms with Gasteiger partial charge in [-0.25, -0.2) is 0 Å². The van der Waals surface area contributed by atoms with Crippen molar-refractivity contribution in [1.82, 2.24) is 15.1 Å². The van der Waals surface area contributed by atoms with Crippen molar-refractivity contribution in [3.63, 3.8) is 0 Å². The Bertz CT molecular complexity index is 612. The Balaban J connectivity index is 1.58. The Morgan fingerprint density at radius 3 is 2.90 bits per heavy atom. The van der Waals surface area contributed by atoms with E-state index in [1.165, 1.54) is 5.56 Å². The van der Waals surface area contributed by atoms with E-state index < -0.39 is 0 Å². The van der Waals surface area contributed by atoms with Crippen LogP contribution in [0.4, 0.5) is 0 Å². The van der Waals surface area contributed by atoms with E-state index in [2.05, 4.69) is 22.5 Å². The molecule has 1 fully saturated rings. The topological polar surface area (TPSA) is 46.9 Å². The summed E-state index contributed by atoms with van der Waals surface area (Å²) in [5, 5.41) is 7.21. The summed E-state index contributed by atoms with van der Waals surface area (Å²) in [6, 6.07) is 10.6. The van der Waals surface area contributed by atoms with E-state index in [9.17, 15) is 4.79 Å². The van der Waals surface area contributed by atoms with Gasteiger partial charge in [-0.05, 0) is 24.5 Å². The normalized spacial score (nSPS) is 14.6. The average molecular weight is 267 g/mol. The summed E-state index contributed by atoms with van der Waals surface area (Å²) in [6.45, 7) is 0.739. The van der Waals surface area contributed by atoms with Crippen LogP contribution in [-0.2, 0) is 11.3 Å². The molecule has 20 heavy (non-hydrogen) atoms. The van der Waals surface area contributed by atoms with Crippen LogP contribution in [-0.4, -0.2) is 21.7 Å². The van der Waals surface area contributed by atoms with Crippen molar-refractivity contribution in [3.05, 3.63) is 59.9 Å². The Morgan fingerprint density at radius 1 is 1.35 bits per heavy atom. The van der Waals surface area contributed by atoms with E-state index in [0.717, 1.165) is 24.9 Å². The molecule has 3 rings (SSSR count). The molecule has 2 aromatic rings. The molecule has 102 valence electrons. The molecule has 1 aromatic carbocycles. The molecular formula is C16H17N3O. The van der Waals surface area contributed by atoms with Crippen LogP contribution < -0.4 is 5.32 Å². The molecular weight excluding hydrogens is 250 g/mol. The van der Waals surface area contributed by atoms with Gasteiger partial charge in [0.15, 0.2) is 0 Å². The van der Waals surface area contributed by atoms with Gasteiger partial charge in [0.25, 0.3) is 0 Å². The number of benzene rings is 1. The summed E-state index contributed by atoms with van der Waals surface area (Å²) in [7, 11) is 0. The summed E-state index contributed by atoms with van der Waals surface area (Å²) >= 11 is 0. The quantitative estimate of drug-likeness (QED) is 0.844. The molecule has 1 saturated carbocycles. The Morgan fingerprint density at radius 2 is 2.15 bits per heavy atom. The van der Waals surface area contributed by atoms with Crippen LogP contribution in [0.15, 0.2) is 48.8 Å². The fraction of sp³-hybridized carbons (Fsp3) is 0.250. The second-order valence-electron chi connectivity index (χ2n) is 5.07. The average Bonchev–Trinajstić information content (AvgIpc) is 3.15. The van der Waals surface area contributed by atoms with Crippen LogP contribution in [0.2, 0.25) is 0 Å². The van der Waals surface area contributed by atoms with Gasteiger partial charge in [0.1, 0.15) is 0 Å². The highest BCUT2D eigenvalue weighted by molar-refractivity contribution is 5.92. The van der Waals surface area contributed by atoms with Gasteiger partial charge >= 0.3 is 0 Å². The predicted molar refractivity (Wildman–Crippen MR) is 78.0 cm³/mol. The number of nitrogens with one attached hydrogen (secondary N) is 1. The van der Waals surface area contributed by atoms with Gasteiger partial charge in [-0.3, -0.25) is 9.48 Å². The number of carbonyl (C=O) groups excluding carboxylic acids is 1. The summed E-state index contributed by atoms with van der Waals surface area (Å²) in [6.07, 6.45) is 9.29. The second-order valence-corrected chi connectivity index (χ2v) is 5.07. The zero-order valence-corrected chi connectivity index (χ0v) is 11.2. The molecule has 0 aliphatic heterocycles. The van der Waals surface area contributed by atoms with E-state index in [4.69, 9.17) is 0 Å². The van der Waals surface area contributed by atoms with E-state index in [-0.39, 0.29) is 5.91 Å². The Labute approximate surface area is 118 Å². The second kappa shape index (κ2) is 5.74. The van der Waals surface area contributed by atoms with Gasteiger partial charge in [0, 0.05) is 23.9 Å². The number of rotatable bonds is 5. The van der Waals surface area contributed by atoms with Crippen molar-refractivity contribution in [2.45, 2.75) is 25.4 Å². The van der Waals surface area contributed by atoms with Crippen LogP contribution in [0.25, 0.3) is 6.08 Å². The third-order valence-corrected chi connectivity index (χ3v) is 3.19. The zero-order chi connectivity index (χ0) is 13.8. The van der Waals surface area contributed by atoms with Gasteiger partial charge in [-0.1, -0.05) is 30.3 Å². The highest BCUT2D eigenvalue weighted by Crippen LogP contribution is 2.18. The van der Waals surface area contributed by atoms with E-state index in [0.29, 0.717) is 6.04 Å². The lowest BCUT2D eigenvalue weighted by Crippen LogP contribution is -2.22. The third kappa shape index (κ3) is 3.57. The molecule has 1 heterocycles. The first-order chi connectivity index (χ1) is 9.79. The molecule has 4 nitrogen and oxygen atoms in total. The minimum absolute atomic E-state index is 0.0247. The molecule has 0 bridgehead atoms. The van der Waals surface area contributed by atoms with Crippen LogP contribution >= 0.6 is 0 Å². The van der Waals surface area contributed by atoms with Crippen molar-refractivity contribution in [2.24, 2.45) is 0 Å². The number of hydrogen-bond donors (Lipinski definition) is 1. The molecule has 1 aliphatic carbocycles. The first-order valence-electron chi connectivity index (χ1n) is 6.84. The van der Waals surface area contributed by atoms with Crippen LogP contribution in [0.1, 0.15) is 24.0 Å². The molecule has 0 unspecified atom stereocenters. The lowest BCUT2D eigenvalue weighted by atomic mass is 10.2. The van der Waals surface area contributed by atoms with Gasteiger partial charge in [0.05, 0.1) is 12.7 Å². The predicted octanol–water partition coefficient (Wildman–Crippen LogP) is 2.22. The Hall–Kier alpha value is -2.36. The van der Waals surface area contributed by atoms with E-state index in [1.807, 2.05) is 29.1 Å². The number of amides is 1. The first-order valence-corrected chi connectivity index (χ1v) is 6.84. The van der Waals surface area contributed by atoms with Crippen LogP contribution in [0.5, 0.6) is 0 Å². The standard InChI is InChI=1S/C16H17N3O/c20-16(18-15-7-8-15)9-6-14-10-17-19(12-14)11-13-4-2-1-3-5-13/h1-6,9-10,12,15H,7-8,11H2,(H,18,20)/b9-6+. The molecule has 0 radical (unpaired) electrons.